The van der Waals surface area contributed by atoms with Gasteiger partial charge in [-0.15, -0.1) is 0 Å². The Labute approximate surface area is 106 Å². The first kappa shape index (κ1) is 11.3. The fourth-order valence-electron chi connectivity index (χ4n) is 2.38. The van der Waals surface area contributed by atoms with Gasteiger partial charge in [-0.2, -0.15) is 5.10 Å². The van der Waals surface area contributed by atoms with Gasteiger partial charge in [0.1, 0.15) is 11.9 Å². The highest BCUT2D eigenvalue weighted by atomic mass is 16.5. The largest absolute Gasteiger partial charge is 0.485 e. The monoisotopic (exact) mass is 244 g/mol. The molecule has 0 saturated carbocycles. The second-order valence-corrected chi connectivity index (χ2v) is 4.85. The van der Waals surface area contributed by atoms with Gasteiger partial charge in [0.15, 0.2) is 0 Å². The molecule has 18 heavy (non-hydrogen) atoms. The fourth-order valence-corrected chi connectivity index (χ4v) is 2.38. The number of rotatable bonds is 1. The molecule has 0 spiro atoms. The lowest BCUT2D eigenvalue weighted by Crippen LogP contribution is -2.18. The molecule has 2 heterocycles. The maximum Gasteiger partial charge on any atom is 0.130 e. The molecule has 0 radical (unpaired) electrons. The Bertz CT molecular complexity index is 577. The van der Waals surface area contributed by atoms with Crippen LogP contribution in [0.2, 0.25) is 0 Å². The van der Waals surface area contributed by atoms with Crippen LogP contribution in [0.5, 0.6) is 5.75 Å². The zero-order chi connectivity index (χ0) is 12.7. The van der Waals surface area contributed by atoms with Crippen LogP contribution in [-0.4, -0.2) is 14.9 Å². The molecule has 1 aromatic heterocycles. The van der Waals surface area contributed by atoms with Gasteiger partial charge in [-0.25, -0.2) is 0 Å². The maximum absolute atomic E-state index is 10.2. The number of aryl methyl sites for hydroxylation is 2. The summed E-state index contributed by atoms with van der Waals surface area (Å²) < 4.78 is 7.69. The number of aliphatic hydroxyl groups excluding tert-OH is 1. The van der Waals surface area contributed by atoms with Gasteiger partial charge in [0.05, 0.1) is 12.3 Å². The van der Waals surface area contributed by atoms with Crippen LogP contribution < -0.4 is 4.74 Å². The first-order valence-corrected chi connectivity index (χ1v) is 6.07. The quantitative estimate of drug-likeness (QED) is 0.837. The molecule has 1 aromatic carbocycles. The van der Waals surface area contributed by atoms with Crippen molar-refractivity contribution in [2.75, 3.05) is 0 Å². The second kappa shape index (κ2) is 4.14. The minimum Gasteiger partial charge on any atom is -0.485 e. The van der Waals surface area contributed by atoms with Gasteiger partial charge >= 0.3 is 0 Å². The second-order valence-electron chi connectivity index (χ2n) is 4.85. The van der Waals surface area contributed by atoms with E-state index in [1.807, 2.05) is 38.4 Å². The van der Waals surface area contributed by atoms with Crippen molar-refractivity contribution < 1.29 is 9.84 Å². The summed E-state index contributed by atoms with van der Waals surface area (Å²) in [7, 11) is 1.88. The lowest BCUT2D eigenvalue weighted by Gasteiger charge is -2.29. The van der Waals surface area contributed by atoms with E-state index < -0.39 is 6.10 Å². The van der Waals surface area contributed by atoms with E-state index in [0.717, 1.165) is 22.4 Å². The highest BCUT2D eigenvalue weighted by molar-refractivity contribution is 5.40. The average molecular weight is 244 g/mol. The van der Waals surface area contributed by atoms with Gasteiger partial charge in [-0.1, -0.05) is 11.6 Å². The molecule has 0 fully saturated rings. The SMILES string of the molecule is Cc1ccc2c(c1)[C@@H](O)CC(c1cnn(C)c1)O2. The number of aromatic nitrogens is 2. The van der Waals surface area contributed by atoms with Crippen molar-refractivity contribution in [3.63, 3.8) is 0 Å². The van der Waals surface area contributed by atoms with Crippen molar-refractivity contribution in [3.8, 4) is 5.75 Å². The first-order chi connectivity index (χ1) is 8.63. The third kappa shape index (κ3) is 1.88. The summed E-state index contributed by atoms with van der Waals surface area (Å²) >= 11 is 0. The number of hydrogen-bond acceptors (Lipinski definition) is 3. The molecule has 0 amide bonds. The normalized spacial score (nSPS) is 22.4. The molecular weight excluding hydrogens is 228 g/mol. The van der Waals surface area contributed by atoms with E-state index in [0.29, 0.717) is 6.42 Å². The Kier molecular flexibility index (Phi) is 2.59. The van der Waals surface area contributed by atoms with E-state index in [4.69, 9.17) is 4.74 Å². The van der Waals surface area contributed by atoms with Crippen molar-refractivity contribution in [3.05, 3.63) is 47.3 Å². The van der Waals surface area contributed by atoms with Gasteiger partial charge in [0.2, 0.25) is 0 Å². The van der Waals surface area contributed by atoms with Crippen molar-refractivity contribution in [1.29, 1.82) is 0 Å². The molecule has 0 aliphatic carbocycles. The highest BCUT2D eigenvalue weighted by Crippen LogP contribution is 2.40. The summed E-state index contributed by atoms with van der Waals surface area (Å²) in [6.07, 6.45) is 3.69. The summed E-state index contributed by atoms with van der Waals surface area (Å²) in [4.78, 5) is 0. The van der Waals surface area contributed by atoms with Gasteiger partial charge in [-0.05, 0) is 19.1 Å². The molecule has 2 aromatic rings. The minimum absolute atomic E-state index is 0.121. The summed E-state index contributed by atoms with van der Waals surface area (Å²) in [5, 5.41) is 14.4. The number of aliphatic hydroxyl groups is 1. The van der Waals surface area contributed by atoms with Crippen molar-refractivity contribution in [1.82, 2.24) is 9.78 Å². The topological polar surface area (TPSA) is 47.3 Å². The molecule has 0 bridgehead atoms. The van der Waals surface area contributed by atoms with Crippen molar-refractivity contribution >= 4 is 0 Å². The number of benzene rings is 1. The Morgan fingerprint density at radius 2 is 2.28 bits per heavy atom. The number of hydrogen-bond donors (Lipinski definition) is 1. The summed E-state index contributed by atoms with van der Waals surface area (Å²) in [6, 6.07) is 5.91. The molecule has 4 heteroatoms. The molecule has 94 valence electrons. The minimum atomic E-state index is -0.473. The van der Waals surface area contributed by atoms with E-state index in [2.05, 4.69) is 5.10 Å². The molecule has 0 saturated heterocycles. The predicted molar refractivity (Wildman–Crippen MR) is 67.3 cm³/mol. The van der Waals surface area contributed by atoms with Crippen LogP contribution in [0.1, 0.15) is 35.3 Å². The Morgan fingerprint density at radius 1 is 1.44 bits per heavy atom. The van der Waals surface area contributed by atoms with E-state index in [9.17, 15) is 5.11 Å². The smallest absolute Gasteiger partial charge is 0.130 e. The van der Waals surface area contributed by atoms with Gasteiger partial charge in [0, 0.05) is 30.8 Å². The number of fused-ring (bicyclic) bond motifs is 1. The molecule has 4 nitrogen and oxygen atoms in total. The molecule has 3 rings (SSSR count). The maximum atomic E-state index is 10.2. The fraction of sp³-hybridized carbons (Fsp3) is 0.357. The zero-order valence-corrected chi connectivity index (χ0v) is 10.5. The number of nitrogens with zero attached hydrogens (tertiary/aromatic N) is 2. The van der Waals surface area contributed by atoms with E-state index in [-0.39, 0.29) is 6.10 Å². The first-order valence-electron chi connectivity index (χ1n) is 6.07. The molecule has 1 aliphatic rings. The third-order valence-electron chi connectivity index (χ3n) is 3.33. The number of ether oxygens (including phenoxy) is 1. The Hall–Kier alpha value is -1.81. The molecule has 1 N–H and O–H groups in total. The van der Waals surface area contributed by atoms with Gasteiger partial charge in [0.25, 0.3) is 0 Å². The lowest BCUT2D eigenvalue weighted by molar-refractivity contribution is 0.0656. The van der Waals surface area contributed by atoms with Crippen LogP contribution in [0.4, 0.5) is 0 Å². The van der Waals surface area contributed by atoms with Crippen LogP contribution in [0, 0.1) is 6.92 Å². The lowest BCUT2D eigenvalue weighted by atomic mass is 9.95. The Balaban J connectivity index is 1.94. The van der Waals surface area contributed by atoms with Crippen LogP contribution in [0.3, 0.4) is 0 Å². The predicted octanol–water partition coefficient (Wildman–Crippen LogP) is 2.29. The van der Waals surface area contributed by atoms with Crippen molar-refractivity contribution in [2.24, 2.45) is 7.05 Å². The van der Waals surface area contributed by atoms with Crippen LogP contribution >= 0.6 is 0 Å². The summed E-state index contributed by atoms with van der Waals surface area (Å²) in [5.74, 6) is 0.771. The van der Waals surface area contributed by atoms with Crippen LogP contribution in [-0.2, 0) is 7.05 Å². The Morgan fingerprint density at radius 3 is 3.00 bits per heavy atom. The standard InChI is InChI=1S/C14H16N2O2/c1-9-3-4-13-11(5-9)12(17)6-14(18-13)10-7-15-16(2)8-10/h3-5,7-8,12,14,17H,6H2,1-2H3/t12-,14?/m0/s1. The van der Waals surface area contributed by atoms with Crippen LogP contribution in [0.25, 0.3) is 0 Å². The van der Waals surface area contributed by atoms with Crippen LogP contribution in [0.15, 0.2) is 30.6 Å². The van der Waals surface area contributed by atoms with E-state index in [1.165, 1.54) is 0 Å². The van der Waals surface area contributed by atoms with E-state index in [1.54, 1.807) is 10.9 Å². The summed E-state index contributed by atoms with van der Waals surface area (Å²) in [5.41, 5.74) is 3.02. The molecular formula is C14H16N2O2. The van der Waals surface area contributed by atoms with Gasteiger partial charge < -0.3 is 9.84 Å². The van der Waals surface area contributed by atoms with E-state index >= 15 is 0 Å². The zero-order valence-electron chi connectivity index (χ0n) is 10.5. The van der Waals surface area contributed by atoms with Crippen molar-refractivity contribution in [2.45, 2.75) is 25.6 Å². The molecule has 1 unspecified atom stereocenters. The third-order valence-corrected chi connectivity index (χ3v) is 3.33. The highest BCUT2D eigenvalue weighted by Gasteiger charge is 2.28. The molecule has 1 aliphatic heterocycles. The average Bonchev–Trinajstić information content (AvgIpc) is 2.77. The summed E-state index contributed by atoms with van der Waals surface area (Å²) in [6.45, 7) is 2.01. The molecule has 2 atom stereocenters. The van der Waals surface area contributed by atoms with Gasteiger partial charge in [-0.3, -0.25) is 4.68 Å².